The Hall–Kier alpha value is -1.51. The fraction of sp³-hybridized carbons (Fsp3) is 0.333. The summed E-state index contributed by atoms with van der Waals surface area (Å²) in [4.78, 5) is 0. The third kappa shape index (κ3) is 4.76. The molecular weight excluding hydrogens is 282 g/mol. The van der Waals surface area contributed by atoms with Crippen LogP contribution in [-0.4, -0.2) is 6.54 Å². The first-order valence-electron chi connectivity index (χ1n) is 7.37. The van der Waals surface area contributed by atoms with Crippen LogP contribution in [-0.2, 0) is 13.2 Å². The van der Waals surface area contributed by atoms with Crippen LogP contribution < -0.4 is 10.1 Å². The van der Waals surface area contributed by atoms with Gasteiger partial charge in [-0.1, -0.05) is 54.4 Å². The fourth-order valence-corrected chi connectivity index (χ4v) is 2.43. The Morgan fingerprint density at radius 3 is 2.71 bits per heavy atom. The van der Waals surface area contributed by atoms with E-state index in [1.807, 2.05) is 18.2 Å². The highest BCUT2D eigenvalue weighted by Crippen LogP contribution is 2.27. The predicted molar refractivity (Wildman–Crippen MR) is 89.0 cm³/mol. The van der Waals surface area contributed by atoms with E-state index in [1.165, 1.54) is 11.1 Å². The highest BCUT2D eigenvalue weighted by molar-refractivity contribution is 6.31. The molecule has 0 amide bonds. The van der Waals surface area contributed by atoms with E-state index in [1.54, 1.807) is 0 Å². The van der Waals surface area contributed by atoms with Crippen molar-refractivity contribution in [3.8, 4) is 5.75 Å². The largest absolute Gasteiger partial charge is 0.489 e. The van der Waals surface area contributed by atoms with Crippen molar-refractivity contribution in [2.75, 3.05) is 6.54 Å². The lowest BCUT2D eigenvalue weighted by molar-refractivity contribution is 0.302. The summed E-state index contributed by atoms with van der Waals surface area (Å²) in [5.41, 5.74) is 3.44. The van der Waals surface area contributed by atoms with E-state index in [0.717, 1.165) is 35.8 Å². The molecule has 1 N–H and O–H groups in total. The number of halogens is 1. The van der Waals surface area contributed by atoms with Crippen LogP contribution in [0.4, 0.5) is 0 Å². The van der Waals surface area contributed by atoms with Crippen LogP contribution in [0, 0.1) is 6.92 Å². The van der Waals surface area contributed by atoms with Crippen LogP contribution in [0.15, 0.2) is 42.5 Å². The first kappa shape index (κ1) is 15.9. The van der Waals surface area contributed by atoms with Gasteiger partial charge in [-0.15, -0.1) is 0 Å². The zero-order valence-electron chi connectivity index (χ0n) is 12.7. The molecule has 0 heterocycles. The Morgan fingerprint density at radius 2 is 1.95 bits per heavy atom. The number of hydrogen-bond acceptors (Lipinski definition) is 2. The third-order valence-corrected chi connectivity index (χ3v) is 3.64. The molecule has 0 aliphatic heterocycles. The molecule has 2 aromatic rings. The third-order valence-electron chi connectivity index (χ3n) is 3.28. The molecule has 2 nitrogen and oxygen atoms in total. The number of aryl methyl sites for hydroxylation is 1. The summed E-state index contributed by atoms with van der Waals surface area (Å²) in [5, 5.41) is 4.13. The van der Waals surface area contributed by atoms with Gasteiger partial charge in [-0.05, 0) is 37.6 Å². The SMILES string of the molecule is CCCNCc1c(Cl)cccc1OCc1cccc(C)c1. The van der Waals surface area contributed by atoms with Gasteiger partial charge in [0.25, 0.3) is 0 Å². The van der Waals surface area contributed by atoms with E-state index < -0.39 is 0 Å². The van der Waals surface area contributed by atoms with E-state index >= 15 is 0 Å². The molecule has 3 heteroatoms. The molecule has 0 aromatic heterocycles. The van der Waals surface area contributed by atoms with E-state index in [0.29, 0.717) is 6.61 Å². The van der Waals surface area contributed by atoms with Gasteiger partial charge in [-0.2, -0.15) is 0 Å². The average Bonchev–Trinajstić information content (AvgIpc) is 2.47. The number of ether oxygens (including phenoxy) is 1. The smallest absolute Gasteiger partial charge is 0.125 e. The van der Waals surface area contributed by atoms with Gasteiger partial charge in [0.2, 0.25) is 0 Å². The van der Waals surface area contributed by atoms with Gasteiger partial charge in [0.15, 0.2) is 0 Å². The molecular formula is C18H22ClNO. The Balaban J connectivity index is 2.06. The molecule has 0 aliphatic rings. The van der Waals surface area contributed by atoms with Gasteiger partial charge in [0.05, 0.1) is 0 Å². The molecule has 0 saturated carbocycles. The molecule has 21 heavy (non-hydrogen) atoms. The highest BCUT2D eigenvalue weighted by Gasteiger charge is 2.08. The maximum atomic E-state index is 6.30. The van der Waals surface area contributed by atoms with E-state index in [2.05, 4.69) is 43.4 Å². The lowest BCUT2D eigenvalue weighted by Crippen LogP contribution is -2.15. The Morgan fingerprint density at radius 1 is 1.14 bits per heavy atom. The van der Waals surface area contributed by atoms with Gasteiger partial charge < -0.3 is 10.1 Å². The van der Waals surface area contributed by atoms with Crippen LogP contribution >= 0.6 is 11.6 Å². The minimum absolute atomic E-state index is 0.558. The molecule has 0 radical (unpaired) electrons. The maximum Gasteiger partial charge on any atom is 0.125 e. The minimum Gasteiger partial charge on any atom is -0.489 e. The number of hydrogen-bond donors (Lipinski definition) is 1. The van der Waals surface area contributed by atoms with Crippen molar-refractivity contribution in [2.45, 2.75) is 33.4 Å². The second kappa shape index (κ2) is 8.06. The van der Waals surface area contributed by atoms with E-state index in [9.17, 15) is 0 Å². The van der Waals surface area contributed by atoms with Crippen LogP contribution in [0.1, 0.15) is 30.0 Å². The van der Waals surface area contributed by atoms with Gasteiger partial charge in [-0.3, -0.25) is 0 Å². The molecule has 0 saturated heterocycles. The fourth-order valence-electron chi connectivity index (χ4n) is 2.20. The van der Waals surface area contributed by atoms with Crippen molar-refractivity contribution in [3.05, 3.63) is 64.2 Å². The standard InChI is InChI=1S/C18H22ClNO/c1-3-10-20-12-16-17(19)8-5-9-18(16)21-13-15-7-4-6-14(2)11-15/h4-9,11,20H,3,10,12-13H2,1-2H3. The second-order valence-corrected chi connectivity index (χ2v) is 5.58. The highest BCUT2D eigenvalue weighted by atomic mass is 35.5. The summed E-state index contributed by atoms with van der Waals surface area (Å²) in [6, 6.07) is 14.2. The number of benzene rings is 2. The Kier molecular flexibility index (Phi) is 6.09. The molecule has 0 atom stereocenters. The average molecular weight is 304 g/mol. The second-order valence-electron chi connectivity index (χ2n) is 5.17. The summed E-state index contributed by atoms with van der Waals surface area (Å²) < 4.78 is 5.97. The summed E-state index contributed by atoms with van der Waals surface area (Å²) in [6.07, 6.45) is 1.10. The molecule has 112 valence electrons. The van der Waals surface area contributed by atoms with E-state index in [4.69, 9.17) is 16.3 Å². The van der Waals surface area contributed by atoms with Crippen molar-refractivity contribution < 1.29 is 4.74 Å². The molecule has 2 aromatic carbocycles. The van der Waals surface area contributed by atoms with Crippen LogP contribution in [0.3, 0.4) is 0 Å². The quantitative estimate of drug-likeness (QED) is 0.747. The van der Waals surface area contributed by atoms with Crippen molar-refractivity contribution in [1.82, 2.24) is 5.32 Å². The Labute approximate surface area is 132 Å². The molecule has 0 spiro atoms. The zero-order valence-corrected chi connectivity index (χ0v) is 13.4. The van der Waals surface area contributed by atoms with Crippen molar-refractivity contribution >= 4 is 11.6 Å². The monoisotopic (exact) mass is 303 g/mol. The van der Waals surface area contributed by atoms with Crippen LogP contribution in [0.5, 0.6) is 5.75 Å². The first-order chi connectivity index (χ1) is 10.2. The van der Waals surface area contributed by atoms with Crippen molar-refractivity contribution in [1.29, 1.82) is 0 Å². The van der Waals surface area contributed by atoms with Gasteiger partial charge >= 0.3 is 0 Å². The van der Waals surface area contributed by atoms with E-state index in [-0.39, 0.29) is 0 Å². The number of rotatable bonds is 7. The first-order valence-corrected chi connectivity index (χ1v) is 7.75. The zero-order chi connectivity index (χ0) is 15.1. The summed E-state index contributed by atoms with van der Waals surface area (Å²) in [6.45, 7) is 6.50. The molecule has 0 aliphatic carbocycles. The Bertz CT molecular complexity index is 583. The van der Waals surface area contributed by atoms with Crippen molar-refractivity contribution in [3.63, 3.8) is 0 Å². The predicted octanol–water partition coefficient (Wildman–Crippen LogP) is 4.73. The summed E-state index contributed by atoms with van der Waals surface area (Å²) in [5.74, 6) is 0.854. The number of nitrogens with one attached hydrogen (secondary N) is 1. The van der Waals surface area contributed by atoms with Gasteiger partial charge in [0, 0.05) is 17.1 Å². The maximum absolute atomic E-state index is 6.30. The lowest BCUT2D eigenvalue weighted by Gasteiger charge is -2.14. The molecule has 0 fully saturated rings. The van der Waals surface area contributed by atoms with Gasteiger partial charge in [0.1, 0.15) is 12.4 Å². The topological polar surface area (TPSA) is 21.3 Å². The molecule has 0 unspecified atom stereocenters. The summed E-state index contributed by atoms with van der Waals surface area (Å²) in [7, 11) is 0. The normalized spacial score (nSPS) is 10.6. The molecule has 2 rings (SSSR count). The molecule has 0 bridgehead atoms. The minimum atomic E-state index is 0.558. The summed E-state index contributed by atoms with van der Waals surface area (Å²) >= 11 is 6.30. The van der Waals surface area contributed by atoms with Crippen molar-refractivity contribution in [2.24, 2.45) is 0 Å². The van der Waals surface area contributed by atoms with Crippen LogP contribution in [0.25, 0.3) is 0 Å². The van der Waals surface area contributed by atoms with Gasteiger partial charge in [-0.25, -0.2) is 0 Å². The van der Waals surface area contributed by atoms with Crippen LogP contribution in [0.2, 0.25) is 5.02 Å². The lowest BCUT2D eigenvalue weighted by atomic mass is 10.1.